The first-order valence-corrected chi connectivity index (χ1v) is 11.4. The molecule has 0 aliphatic rings. The van der Waals surface area contributed by atoms with E-state index in [9.17, 15) is 74.6 Å². The Balaban J connectivity index is 6.56. The molecule has 0 unspecified atom stereocenters. The van der Waals surface area contributed by atoms with E-state index in [1.165, 1.54) is 19.6 Å². The van der Waals surface area contributed by atoms with Gasteiger partial charge in [-0.1, -0.05) is 25.7 Å². The van der Waals surface area contributed by atoms with Crippen molar-refractivity contribution in [2.45, 2.75) is 79.7 Å². The first-order valence-electron chi connectivity index (χ1n) is 7.67. The Hall–Kier alpha value is -0.973. The summed E-state index contributed by atoms with van der Waals surface area (Å²) < 4.78 is 222. The molecule has 0 saturated carbocycles. The summed E-state index contributed by atoms with van der Waals surface area (Å²) >= 11 is 0. The highest BCUT2D eigenvalue weighted by Gasteiger charge is 2.95. The Labute approximate surface area is 163 Å². The van der Waals surface area contributed by atoms with Gasteiger partial charge in [0, 0.05) is 14.5 Å². The minimum absolute atomic E-state index is 1.00. The van der Waals surface area contributed by atoms with E-state index in [-0.39, 0.29) is 0 Å². The van der Waals surface area contributed by atoms with Crippen LogP contribution < -0.4 is 0 Å². The van der Waals surface area contributed by atoms with Crippen molar-refractivity contribution < 1.29 is 74.6 Å². The Kier molecular flexibility index (Phi) is 7.29. The Morgan fingerprint density at radius 2 is 0.677 bits per heavy atom. The van der Waals surface area contributed by atoms with E-state index in [0.717, 1.165) is 0 Å². The van der Waals surface area contributed by atoms with E-state index in [2.05, 4.69) is 0 Å². The van der Waals surface area contributed by atoms with Crippen molar-refractivity contribution in [2.24, 2.45) is 0 Å². The molecular weight excluding hydrogens is 507 g/mol. The molecule has 0 N–H and O–H groups in total. The third kappa shape index (κ3) is 4.45. The summed E-state index contributed by atoms with van der Waals surface area (Å²) in [6.45, 7) is 3.59. The Bertz CT molecular complexity index is 639. The molecule has 0 atom stereocenters. The van der Waals surface area contributed by atoms with Gasteiger partial charge in [-0.2, -0.15) is 74.6 Å². The molecular formula is C13H13F17Si. The monoisotopic (exact) mass is 520 g/mol. The predicted octanol–water partition coefficient (Wildman–Crippen LogP) is 7.72. The molecule has 188 valence electrons. The van der Waals surface area contributed by atoms with Crippen LogP contribution in [0.1, 0.15) is 6.42 Å². The molecule has 0 aliphatic heterocycles. The average molecular weight is 520 g/mol. The molecule has 0 amide bonds. The predicted molar refractivity (Wildman–Crippen MR) is 73.5 cm³/mol. The first-order chi connectivity index (χ1) is 13.0. The van der Waals surface area contributed by atoms with Crippen LogP contribution in [0.2, 0.25) is 25.7 Å². The van der Waals surface area contributed by atoms with Gasteiger partial charge in [-0.15, -0.1) is 0 Å². The first kappa shape index (κ1) is 30.0. The summed E-state index contributed by atoms with van der Waals surface area (Å²) in [6, 6.07) is -1.00. The van der Waals surface area contributed by atoms with E-state index in [4.69, 9.17) is 0 Å². The number of alkyl halides is 17. The fraction of sp³-hybridized carbons (Fsp3) is 1.00. The molecule has 0 heterocycles. The summed E-state index contributed by atoms with van der Waals surface area (Å²) in [4.78, 5) is 0. The lowest BCUT2D eigenvalue weighted by Crippen LogP contribution is -2.74. The number of rotatable bonds is 9. The van der Waals surface area contributed by atoms with Crippen molar-refractivity contribution in [3.05, 3.63) is 0 Å². The molecule has 0 aromatic carbocycles. The molecule has 0 aliphatic carbocycles. The van der Waals surface area contributed by atoms with Gasteiger partial charge in [0.1, 0.15) is 0 Å². The topological polar surface area (TPSA) is 0 Å². The average Bonchev–Trinajstić information content (AvgIpc) is 2.50. The molecule has 0 rings (SSSR count). The number of hydrogen-bond donors (Lipinski definition) is 0. The fourth-order valence-corrected chi connectivity index (χ4v) is 2.95. The maximum Gasteiger partial charge on any atom is 0.460 e. The van der Waals surface area contributed by atoms with Gasteiger partial charge in [-0.3, -0.25) is 0 Å². The maximum atomic E-state index is 13.6. The van der Waals surface area contributed by atoms with Crippen LogP contribution in [0.3, 0.4) is 0 Å². The summed E-state index contributed by atoms with van der Waals surface area (Å²) in [7, 11) is -2.80. The lowest BCUT2D eigenvalue weighted by Gasteiger charge is -2.43. The Morgan fingerprint density at radius 3 is 0.935 bits per heavy atom. The maximum absolute atomic E-state index is 13.6. The second-order valence-electron chi connectivity index (χ2n) is 7.71. The molecule has 0 aromatic rings. The zero-order chi connectivity index (χ0) is 25.9. The van der Waals surface area contributed by atoms with Crippen molar-refractivity contribution in [1.29, 1.82) is 0 Å². The van der Waals surface area contributed by atoms with Gasteiger partial charge >= 0.3 is 47.6 Å². The van der Waals surface area contributed by atoms with Gasteiger partial charge in [0.15, 0.2) is 0 Å². The van der Waals surface area contributed by atoms with Crippen LogP contribution in [0.25, 0.3) is 0 Å². The SMILES string of the molecule is C[Si](C)(C)CCC(F)(F)C(F)(F)C(F)(F)C(F)(F)C(F)(F)C(F)(F)C(F)(F)C(F)(F)F. The highest BCUT2D eigenvalue weighted by molar-refractivity contribution is 6.76. The molecule has 0 bridgehead atoms. The molecule has 0 saturated heterocycles. The van der Waals surface area contributed by atoms with Crippen LogP contribution in [0, 0.1) is 0 Å². The smallest absolute Gasteiger partial charge is 0.200 e. The second kappa shape index (κ2) is 7.53. The van der Waals surface area contributed by atoms with E-state index in [1.54, 1.807) is 0 Å². The van der Waals surface area contributed by atoms with Crippen LogP contribution in [-0.4, -0.2) is 55.7 Å². The van der Waals surface area contributed by atoms with E-state index < -0.39 is 68.2 Å². The van der Waals surface area contributed by atoms with E-state index in [1.807, 2.05) is 0 Å². The highest BCUT2D eigenvalue weighted by atomic mass is 28.3. The Morgan fingerprint density at radius 1 is 0.419 bits per heavy atom. The molecule has 0 fully saturated rings. The van der Waals surface area contributed by atoms with Crippen molar-refractivity contribution in [2.75, 3.05) is 0 Å². The lowest BCUT2D eigenvalue weighted by molar-refractivity contribution is -0.461. The van der Waals surface area contributed by atoms with Crippen molar-refractivity contribution in [3.8, 4) is 0 Å². The summed E-state index contributed by atoms with van der Waals surface area (Å²) in [5.74, 6) is -55.7. The van der Waals surface area contributed by atoms with Crippen LogP contribution >= 0.6 is 0 Å². The van der Waals surface area contributed by atoms with Crippen LogP contribution in [0.15, 0.2) is 0 Å². The van der Waals surface area contributed by atoms with Crippen LogP contribution in [0.4, 0.5) is 74.6 Å². The molecule has 0 aromatic heterocycles. The minimum Gasteiger partial charge on any atom is -0.200 e. The molecule has 0 radical (unpaired) electrons. The van der Waals surface area contributed by atoms with Crippen LogP contribution in [0.5, 0.6) is 0 Å². The van der Waals surface area contributed by atoms with Gasteiger partial charge < -0.3 is 0 Å². The largest absolute Gasteiger partial charge is 0.460 e. The third-order valence-electron chi connectivity index (χ3n) is 3.98. The van der Waals surface area contributed by atoms with Crippen LogP contribution in [-0.2, 0) is 0 Å². The molecule has 18 heteroatoms. The van der Waals surface area contributed by atoms with Crippen molar-refractivity contribution in [1.82, 2.24) is 0 Å². The standard InChI is InChI=1S/C13H13F17Si/c1-31(2,3)5-4-6(14,15)7(16,17)8(18,19)9(20,21)10(22,23)11(24,25)12(26,27)13(28,29)30/h4-5H2,1-3H3. The summed E-state index contributed by atoms with van der Waals surface area (Å²) in [6.07, 6.45) is -10.1. The number of halogens is 17. The van der Waals surface area contributed by atoms with Gasteiger partial charge in [0.05, 0.1) is 0 Å². The third-order valence-corrected chi connectivity index (χ3v) is 5.73. The van der Waals surface area contributed by atoms with Crippen molar-refractivity contribution in [3.63, 3.8) is 0 Å². The van der Waals surface area contributed by atoms with E-state index in [0.29, 0.717) is 0 Å². The fourth-order valence-electron chi connectivity index (χ4n) is 1.89. The van der Waals surface area contributed by atoms with Crippen molar-refractivity contribution >= 4 is 8.07 Å². The summed E-state index contributed by atoms with van der Waals surface area (Å²) in [5, 5.41) is 0. The zero-order valence-electron chi connectivity index (χ0n) is 15.3. The van der Waals surface area contributed by atoms with Gasteiger partial charge in [-0.05, 0) is 0 Å². The quantitative estimate of drug-likeness (QED) is 0.216. The van der Waals surface area contributed by atoms with E-state index >= 15 is 0 Å². The summed E-state index contributed by atoms with van der Waals surface area (Å²) in [5.41, 5.74) is 0. The molecule has 0 nitrogen and oxygen atoms in total. The normalized spacial score (nSPS) is 16.6. The van der Waals surface area contributed by atoms with Gasteiger partial charge in [0.25, 0.3) is 0 Å². The molecule has 31 heavy (non-hydrogen) atoms. The number of hydrogen-bond acceptors (Lipinski definition) is 0. The van der Waals surface area contributed by atoms with Gasteiger partial charge in [0.2, 0.25) is 0 Å². The second-order valence-corrected chi connectivity index (χ2v) is 13.3. The van der Waals surface area contributed by atoms with Gasteiger partial charge in [-0.25, -0.2) is 0 Å². The minimum atomic E-state index is -8.57. The lowest BCUT2D eigenvalue weighted by atomic mass is 9.88. The molecule has 0 spiro atoms. The zero-order valence-corrected chi connectivity index (χ0v) is 16.3. The highest BCUT2D eigenvalue weighted by Crippen LogP contribution is 2.64.